The van der Waals surface area contributed by atoms with Gasteiger partial charge in [-0.3, -0.25) is 10.1 Å². The van der Waals surface area contributed by atoms with Gasteiger partial charge < -0.3 is 16.2 Å². The predicted molar refractivity (Wildman–Crippen MR) is 67.2 cm³/mol. The highest BCUT2D eigenvalue weighted by Crippen LogP contribution is 2.24. The SMILES string of the molecule is Nc1cc([N+](=O)[O-])cc(NC2CCC(O)CC2)n1. The van der Waals surface area contributed by atoms with E-state index in [0.717, 1.165) is 25.7 Å². The second-order valence-corrected chi connectivity index (χ2v) is 4.54. The minimum Gasteiger partial charge on any atom is -0.393 e. The predicted octanol–water partition coefficient (Wildman–Crippen LogP) is 1.29. The van der Waals surface area contributed by atoms with Crippen molar-refractivity contribution >= 4 is 17.3 Å². The van der Waals surface area contributed by atoms with Crippen LogP contribution in [0, 0.1) is 10.1 Å². The van der Waals surface area contributed by atoms with Crippen LogP contribution in [0.1, 0.15) is 25.7 Å². The van der Waals surface area contributed by atoms with E-state index in [-0.39, 0.29) is 23.7 Å². The third kappa shape index (κ3) is 3.07. The molecule has 0 radical (unpaired) electrons. The number of nitrogens with one attached hydrogen (secondary N) is 1. The molecule has 2 rings (SSSR count). The second-order valence-electron chi connectivity index (χ2n) is 4.54. The summed E-state index contributed by atoms with van der Waals surface area (Å²) in [5, 5.41) is 23.2. The molecule has 18 heavy (non-hydrogen) atoms. The van der Waals surface area contributed by atoms with Crippen LogP contribution in [-0.4, -0.2) is 27.2 Å². The summed E-state index contributed by atoms with van der Waals surface area (Å²) >= 11 is 0. The third-order valence-corrected chi connectivity index (χ3v) is 3.09. The van der Waals surface area contributed by atoms with Crippen LogP contribution in [-0.2, 0) is 0 Å². The zero-order valence-electron chi connectivity index (χ0n) is 9.87. The number of rotatable bonds is 3. The lowest BCUT2D eigenvalue weighted by Crippen LogP contribution is -2.28. The Morgan fingerprint density at radius 2 is 2.06 bits per heavy atom. The van der Waals surface area contributed by atoms with Crippen LogP contribution in [0.25, 0.3) is 0 Å². The van der Waals surface area contributed by atoms with Crippen molar-refractivity contribution < 1.29 is 10.0 Å². The molecule has 7 nitrogen and oxygen atoms in total. The highest BCUT2D eigenvalue weighted by Gasteiger charge is 2.20. The smallest absolute Gasteiger partial charge is 0.276 e. The van der Waals surface area contributed by atoms with Gasteiger partial charge in [0.05, 0.1) is 23.2 Å². The molecule has 1 fully saturated rings. The van der Waals surface area contributed by atoms with Crippen molar-refractivity contribution in [3.05, 3.63) is 22.2 Å². The van der Waals surface area contributed by atoms with Crippen LogP contribution < -0.4 is 11.1 Å². The molecule has 1 aliphatic carbocycles. The number of nitrogens with two attached hydrogens (primary N) is 1. The lowest BCUT2D eigenvalue weighted by atomic mass is 9.93. The number of pyridine rings is 1. The quantitative estimate of drug-likeness (QED) is 0.551. The highest BCUT2D eigenvalue weighted by molar-refractivity contribution is 5.53. The number of aliphatic hydroxyl groups excluding tert-OH is 1. The molecule has 1 aromatic rings. The molecule has 1 saturated carbocycles. The fraction of sp³-hybridized carbons (Fsp3) is 0.545. The summed E-state index contributed by atoms with van der Waals surface area (Å²) in [6, 6.07) is 2.79. The largest absolute Gasteiger partial charge is 0.393 e. The monoisotopic (exact) mass is 252 g/mol. The van der Waals surface area contributed by atoms with Gasteiger partial charge in [-0.1, -0.05) is 0 Å². The van der Waals surface area contributed by atoms with E-state index in [9.17, 15) is 15.2 Å². The molecule has 0 aromatic carbocycles. The van der Waals surface area contributed by atoms with Gasteiger partial charge >= 0.3 is 0 Å². The number of nitrogens with zero attached hydrogens (tertiary/aromatic N) is 2. The molecule has 1 aromatic heterocycles. The first-order chi connectivity index (χ1) is 8.54. The summed E-state index contributed by atoms with van der Waals surface area (Å²) in [4.78, 5) is 14.2. The van der Waals surface area contributed by atoms with Crippen LogP contribution in [0.2, 0.25) is 0 Å². The van der Waals surface area contributed by atoms with Crippen LogP contribution >= 0.6 is 0 Å². The van der Waals surface area contributed by atoms with E-state index in [1.807, 2.05) is 0 Å². The van der Waals surface area contributed by atoms with Crippen molar-refractivity contribution in [3.63, 3.8) is 0 Å². The molecule has 0 unspecified atom stereocenters. The molecule has 4 N–H and O–H groups in total. The maximum Gasteiger partial charge on any atom is 0.276 e. The molecule has 0 bridgehead atoms. The van der Waals surface area contributed by atoms with Gasteiger partial charge in [-0.2, -0.15) is 0 Å². The lowest BCUT2D eigenvalue weighted by Gasteiger charge is -2.26. The number of aliphatic hydroxyl groups is 1. The van der Waals surface area contributed by atoms with Crippen molar-refractivity contribution in [2.45, 2.75) is 37.8 Å². The summed E-state index contributed by atoms with van der Waals surface area (Å²) in [5.41, 5.74) is 5.46. The normalized spacial score (nSPS) is 23.6. The van der Waals surface area contributed by atoms with Gasteiger partial charge in [-0.15, -0.1) is 0 Å². The molecule has 0 aliphatic heterocycles. The Labute approximate surface area is 104 Å². The first-order valence-electron chi connectivity index (χ1n) is 5.91. The van der Waals surface area contributed by atoms with Crippen molar-refractivity contribution in [3.8, 4) is 0 Å². The number of hydrogen-bond donors (Lipinski definition) is 3. The van der Waals surface area contributed by atoms with E-state index in [1.54, 1.807) is 0 Å². The molecule has 0 saturated heterocycles. The Morgan fingerprint density at radius 1 is 1.39 bits per heavy atom. The molecule has 1 heterocycles. The van der Waals surface area contributed by atoms with Gasteiger partial charge in [0.25, 0.3) is 5.69 Å². The summed E-state index contributed by atoms with van der Waals surface area (Å²) < 4.78 is 0. The van der Waals surface area contributed by atoms with Crippen molar-refractivity contribution in [2.75, 3.05) is 11.1 Å². The summed E-state index contributed by atoms with van der Waals surface area (Å²) in [7, 11) is 0. The van der Waals surface area contributed by atoms with Gasteiger partial charge in [-0.25, -0.2) is 4.98 Å². The molecular formula is C11H16N4O3. The van der Waals surface area contributed by atoms with Crippen molar-refractivity contribution in [1.82, 2.24) is 4.98 Å². The van der Waals surface area contributed by atoms with Gasteiger partial charge in [0, 0.05) is 6.04 Å². The van der Waals surface area contributed by atoms with Crippen LogP contribution in [0.15, 0.2) is 12.1 Å². The Bertz CT molecular complexity index is 444. The standard InChI is InChI=1S/C11H16N4O3/c12-10-5-8(15(17)18)6-11(14-10)13-7-1-3-9(16)4-2-7/h5-7,9,16H,1-4H2,(H3,12,13,14). The Morgan fingerprint density at radius 3 is 2.67 bits per heavy atom. The Kier molecular flexibility index (Phi) is 3.61. The van der Waals surface area contributed by atoms with Gasteiger partial charge in [-0.05, 0) is 25.7 Å². The van der Waals surface area contributed by atoms with Gasteiger partial charge in [0.1, 0.15) is 11.6 Å². The molecule has 1 aliphatic rings. The number of hydrogen-bond acceptors (Lipinski definition) is 6. The minimum atomic E-state index is -0.492. The van der Waals surface area contributed by atoms with Gasteiger partial charge in [0.2, 0.25) is 0 Å². The fourth-order valence-electron chi connectivity index (χ4n) is 2.15. The van der Waals surface area contributed by atoms with Crippen LogP contribution in [0.4, 0.5) is 17.3 Å². The van der Waals surface area contributed by atoms with E-state index < -0.39 is 4.92 Å². The van der Waals surface area contributed by atoms with Crippen molar-refractivity contribution in [1.29, 1.82) is 0 Å². The summed E-state index contributed by atoms with van der Waals surface area (Å²) in [6.45, 7) is 0. The maximum atomic E-state index is 10.7. The zero-order chi connectivity index (χ0) is 13.1. The zero-order valence-corrected chi connectivity index (χ0v) is 9.87. The molecule has 7 heteroatoms. The first-order valence-corrected chi connectivity index (χ1v) is 5.91. The average molecular weight is 252 g/mol. The molecule has 0 atom stereocenters. The van der Waals surface area contributed by atoms with E-state index in [2.05, 4.69) is 10.3 Å². The van der Waals surface area contributed by atoms with E-state index in [4.69, 9.17) is 5.73 Å². The fourth-order valence-corrected chi connectivity index (χ4v) is 2.15. The molecular weight excluding hydrogens is 236 g/mol. The van der Waals surface area contributed by atoms with Gasteiger partial charge in [0.15, 0.2) is 0 Å². The minimum absolute atomic E-state index is 0.0687. The lowest BCUT2D eigenvalue weighted by molar-refractivity contribution is -0.384. The Balaban J connectivity index is 2.07. The summed E-state index contributed by atoms with van der Waals surface area (Å²) in [5.74, 6) is 0.547. The van der Waals surface area contributed by atoms with E-state index in [1.165, 1.54) is 12.1 Å². The Hall–Kier alpha value is -1.89. The number of nitrogen functional groups attached to an aromatic ring is 1. The molecule has 98 valence electrons. The molecule has 0 amide bonds. The maximum absolute atomic E-state index is 10.7. The number of nitro groups is 1. The highest BCUT2D eigenvalue weighted by atomic mass is 16.6. The molecule has 0 spiro atoms. The van der Waals surface area contributed by atoms with E-state index >= 15 is 0 Å². The second kappa shape index (κ2) is 5.18. The third-order valence-electron chi connectivity index (χ3n) is 3.09. The topological polar surface area (TPSA) is 114 Å². The average Bonchev–Trinajstić information content (AvgIpc) is 2.31. The number of aromatic nitrogens is 1. The van der Waals surface area contributed by atoms with Crippen LogP contribution in [0.5, 0.6) is 0 Å². The van der Waals surface area contributed by atoms with E-state index in [0.29, 0.717) is 5.82 Å². The van der Waals surface area contributed by atoms with Crippen LogP contribution in [0.3, 0.4) is 0 Å². The first kappa shape index (κ1) is 12.6. The van der Waals surface area contributed by atoms with Crippen molar-refractivity contribution in [2.24, 2.45) is 0 Å². The summed E-state index contributed by atoms with van der Waals surface area (Å²) in [6.07, 6.45) is 2.90. The number of anilines is 2.